The number of hydrogen-bond donors (Lipinski definition) is 2. The molecule has 2 N–H and O–H groups in total. The Hall–Kier alpha value is -2.01. The normalized spacial score (nSPS) is 18.7. The van der Waals surface area contributed by atoms with Crippen molar-refractivity contribution in [2.24, 2.45) is 5.92 Å². The first-order valence-corrected chi connectivity index (χ1v) is 7.11. The summed E-state index contributed by atoms with van der Waals surface area (Å²) in [6, 6.07) is 9.70. The summed E-state index contributed by atoms with van der Waals surface area (Å²) in [5.74, 6) is 1.51. The van der Waals surface area contributed by atoms with Gasteiger partial charge in [-0.15, -0.1) is 10.2 Å². The molecule has 5 nitrogen and oxygen atoms in total. The van der Waals surface area contributed by atoms with Crippen LogP contribution in [0.5, 0.6) is 0 Å². The molecule has 0 bridgehead atoms. The molecule has 1 saturated heterocycles. The number of anilines is 1. The maximum absolute atomic E-state index is 4.27. The van der Waals surface area contributed by atoms with Crippen molar-refractivity contribution in [3.8, 4) is 11.4 Å². The second-order valence-corrected chi connectivity index (χ2v) is 5.11. The molecule has 5 heteroatoms. The second-order valence-electron chi connectivity index (χ2n) is 5.11. The summed E-state index contributed by atoms with van der Waals surface area (Å²) in [5, 5.41) is 15.2. The molecular weight excluding hydrogens is 250 g/mol. The molecule has 1 unspecified atom stereocenters. The monoisotopic (exact) mass is 269 g/mol. The fraction of sp³-hybridized carbons (Fsp3) is 0.400. The molecule has 0 aliphatic carbocycles. The van der Waals surface area contributed by atoms with Gasteiger partial charge in [0.2, 0.25) is 0 Å². The Morgan fingerprint density at radius 1 is 1.15 bits per heavy atom. The largest absolute Gasteiger partial charge is 0.368 e. The van der Waals surface area contributed by atoms with Crippen LogP contribution in [0, 0.1) is 5.92 Å². The molecule has 1 fully saturated rings. The van der Waals surface area contributed by atoms with Crippen LogP contribution in [0.3, 0.4) is 0 Å². The van der Waals surface area contributed by atoms with Gasteiger partial charge in [-0.1, -0.05) is 6.07 Å². The van der Waals surface area contributed by atoms with E-state index in [2.05, 4.69) is 25.8 Å². The molecule has 0 spiro atoms. The van der Waals surface area contributed by atoms with Crippen LogP contribution in [0.1, 0.15) is 12.8 Å². The van der Waals surface area contributed by atoms with Crippen molar-refractivity contribution < 1.29 is 0 Å². The van der Waals surface area contributed by atoms with Gasteiger partial charge < -0.3 is 10.6 Å². The fourth-order valence-electron chi connectivity index (χ4n) is 2.42. The molecule has 0 radical (unpaired) electrons. The predicted octanol–water partition coefficient (Wildman–Crippen LogP) is 1.95. The predicted molar refractivity (Wildman–Crippen MR) is 79.3 cm³/mol. The maximum Gasteiger partial charge on any atom is 0.148 e. The van der Waals surface area contributed by atoms with E-state index in [1.165, 1.54) is 12.8 Å². The van der Waals surface area contributed by atoms with Crippen LogP contribution < -0.4 is 10.6 Å². The number of pyridine rings is 1. The molecule has 2 aromatic heterocycles. The molecular formula is C15H19N5. The third-order valence-electron chi connectivity index (χ3n) is 3.56. The number of piperidine rings is 1. The lowest BCUT2D eigenvalue weighted by Crippen LogP contribution is -2.33. The van der Waals surface area contributed by atoms with Gasteiger partial charge >= 0.3 is 0 Å². The Morgan fingerprint density at radius 3 is 2.85 bits per heavy atom. The third-order valence-corrected chi connectivity index (χ3v) is 3.56. The van der Waals surface area contributed by atoms with Crippen LogP contribution in [0.25, 0.3) is 11.4 Å². The summed E-state index contributed by atoms with van der Waals surface area (Å²) < 4.78 is 0. The van der Waals surface area contributed by atoms with E-state index < -0.39 is 0 Å². The number of aromatic nitrogens is 3. The Labute approximate surface area is 118 Å². The zero-order chi connectivity index (χ0) is 13.6. The van der Waals surface area contributed by atoms with Gasteiger partial charge in [0.15, 0.2) is 0 Å². The van der Waals surface area contributed by atoms with Crippen molar-refractivity contribution in [2.75, 3.05) is 25.0 Å². The van der Waals surface area contributed by atoms with Crippen LogP contribution in [0.2, 0.25) is 0 Å². The van der Waals surface area contributed by atoms with Crippen LogP contribution >= 0.6 is 0 Å². The highest BCUT2D eigenvalue weighted by molar-refractivity contribution is 5.54. The number of nitrogens with one attached hydrogen (secondary N) is 2. The Kier molecular flexibility index (Phi) is 4.18. The molecule has 2 aromatic rings. The van der Waals surface area contributed by atoms with Gasteiger partial charge in [0.05, 0.1) is 5.69 Å². The summed E-state index contributed by atoms with van der Waals surface area (Å²) in [4.78, 5) is 4.27. The van der Waals surface area contributed by atoms with E-state index in [1.807, 2.05) is 30.3 Å². The van der Waals surface area contributed by atoms with Crippen molar-refractivity contribution in [3.05, 3.63) is 36.5 Å². The van der Waals surface area contributed by atoms with E-state index >= 15 is 0 Å². The zero-order valence-electron chi connectivity index (χ0n) is 11.4. The molecule has 20 heavy (non-hydrogen) atoms. The molecule has 104 valence electrons. The van der Waals surface area contributed by atoms with E-state index in [9.17, 15) is 0 Å². The van der Waals surface area contributed by atoms with Gasteiger partial charge in [0.1, 0.15) is 11.5 Å². The average Bonchev–Trinajstić information content (AvgIpc) is 2.55. The summed E-state index contributed by atoms with van der Waals surface area (Å²) >= 11 is 0. The molecule has 1 aliphatic heterocycles. The minimum Gasteiger partial charge on any atom is -0.368 e. The van der Waals surface area contributed by atoms with Crippen molar-refractivity contribution in [1.82, 2.24) is 20.5 Å². The van der Waals surface area contributed by atoms with Crippen LogP contribution in [0.4, 0.5) is 5.82 Å². The van der Waals surface area contributed by atoms with Gasteiger partial charge in [-0.3, -0.25) is 4.98 Å². The first-order valence-electron chi connectivity index (χ1n) is 7.11. The lowest BCUT2D eigenvalue weighted by atomic mass is 10.00. The molecule has 1 aliphatic rings. The Bertz CT molecular complexity index is 520. The number of hydrogen-bond acceptors (Lipinski definition) is 5. The zero-order valence-corrected chi connectivity index (χ0v) is 11.4. The van der Waals surface area contributed by atoms with Gasteiger partial charge in [-0.25, -0.2) is 0 Å². The number of nitrogens with zero attached hydrogens (tertiary/aromatic N) is 3. The lowest BCUT2D eigenvalue weighted by molar-refractivity contribution is 0.392. The molecule has 3 rings (SSSR count). The van der Waals surface area contributed by atoms with Crippen molar-refractivity contribution >= 4 is 5.82 Å². The summed E-state index contributed by atoms with van der Waals surface area (Å²) in [6.45, 7) is 3.19. The van der Waals surface area contributed by atoms with Crippen LogP contribution in [-0.4, -0.2) is 34.8 Å². The highest BCUT2D eigenvalue weighted by atomic mass is 15.2. The van der Waals surface area contributed by atoms with Crippen molar-refractivity contribution in [3.63, 3.8) is 0 Å². The topological polar surface area (TPSA) is 62.7 Å². The number of rotatable bonds is 4. The maximum atomic E-state index is 4.27. The van der Waals surface area contributed by atoms with Gasteiger partial charge in [0.25, 0.3) is 0 Å². The quantitative estimate of drug-likeness (QED) is 0.888. The first-order chi connectivity index (χ1) is 9.92. The summed E-state index contributed by atoms with van der Waals surface area (Å²) in [6.07, 6.45) is 4.30. The van der Waals surface area contributed by atoms with Crippen molar-refractivity contribution in [1.29, 1.82) is 0 Å². The highest BCUT2D eigenvalue weighted by Crippen LogP contribution is 2.15. The second kappa shape index (κ2) is 6.43. The van der Waals surface area contributed by atoms with Gasteiger partial charge in [-0.05, 0) is 56.1 Å². The van der Waals surface area contributed by atoms with Crippen molar-refractivity contribution in [2.45, 2.75) is 12.8 Å². The highest BCUT2D eigenvalue weighted by Gasteiger charge is 2.12. The Morgan fingerprint density at radius 2 is 2.15 bits per heavy atom. The van der Waals surface area contributed by atoms with E-state index in [1.54, 1.807) is 6.20 Å². The van der Waals surface area contributed by atoms with E-state index in [0.717, 1.165) is 36.8 Å². The first kappa shape index (κ1) is 13.0. The Balaban J connectivity index is 1.58. The lowest BCUT2D eigenvalue weighted by Gasteiger charge is -2.22. The van der Waals surface area contributed by atoms with E-state index in [0.29, 0.717) is 5.92 Å². The van der Waals surface area contributed by atoms with Gasteiger partial charge in [0, 0.05) is 12.7 Å². The van der Waals surface area contributed by atoms with Gasteiger partial charge in [-0.2, -0.15) is 0 Å². The summed E-state index contributed by atoms with van der Waals surface area (Å²) in [7, 11) is 0. The third kappa shape index (κ3) is 3.30. The minimum absolute atomic E-state index is 0.681. The minimum atomic E-state index is 0.681. The fourth-order valence-corrected chi connectivity index (χ4v) is 2.42. The average molecular weight is 269 g/mol. The molecule has 0 saturated carbocycles. The smallest absolute Gasteiger partial charge is 0.148 e. The molecule has 0 amide bonds. The van der Waals surface area contributed by atoms with E-state index in [-0.39, 0.29) is 0 Å². The SMILES string of the molecule is c1ccc(-c2ccc(NCC3CCCNC3)nn2)nc1. The molecule has 1 atom stereocenters. The van der Waals surface area contributed by atoms with E-state index in [4.69, 9.17) is 0 Å². The molecule has 0 aromatic carbocycles. The van der Waals surface area contributed by atoms with Crippen LogP contribution in [0.15, 0.2) is 36.5 Å². The molecule has 3 heterocycles. The summed E-state index contributed by atoms with van der Waals surface area (Å²) in [5.41, 5.74) is 1.65. The van der Waals surface area contributed by atoms with Crippen LogP contribution in [-0.2, 0) is 0 Å². The standard InChI is InChI=1S/C15H19N5/c1-2-9-17-13(5-1)14-6-7-15(20-19-14)18-11-12-4-3-8-16-10-12/h1-2,5-7,9,12,16H,3-4,8,10-11H2,(H,18,20).